The van der Waals surface area contributed by atoms with E-state index in [1.165, 1.54) is 17.0 Å². The first-order valence-corrected chi connectivity index (χ1v) is 11.9. The maximum atomic E-state index is 13.4. The van der Waals surface area contributed by atoms with Gasteiger partial charge in [-0.25, -0.2) is 0 Å². The lowest BCUT2D eigenvalue weighted by Gasteiger charge is -2.25. The number of hydrogen-bond donors (Lipinski definition) is 3. The molecule has 3 N–H and O–H groups in total. The number of phenolic OH excluding ortho intramolecular Hbond substituents is 1. The smallest absolute Gasteiger partial charge is 0.300 e. The Bertz CT molecular complexity index is 1560. The molecule has 8 heteroatoms. The fourth-order valence-corrected chi connectivity index (χ4v) is 4.66. The number of amides is 1. The Morgan fingerprint density at radius 2 is 1.50 bits per heavy atom. The van der Waals surface area contributed by atoms with Gasteiger partial charge in [0, 0.05) is 22.6 Å². The second-order valence-electron chi connectivity index (χ2n) is 8.87. The van der Waals surface area contributed by atoms with Crippen LogP contribution in [-0.4, -0.2) is 28.7 Å². The Balaban J connectivity index is 1.43. The van der Waals surface area contributed by atoms with Gasteiger partial charge in [0.15, 0.2) is 11.5 Å². The topological polar surface area (TPSA) is 108 Å². The summed E-state index contributed by atoms with van der Waals surface area (Å²) in [4.78, 5) is 28.1. The van der Waals surface area contributed by atoms with Crippen molar-refractivity contribution < 1.29 is 29.3 Å². The van der Waals surface area contributed by atoms with Crippen molar-refractivity contribution >= 4 is 34.5 Å². The minimum Gasteiger partial charge on any atom is -0.508 e. The van der Waals surface area contributed by atoms with Gasteiger partial charge >= 0.3 is 0 Å². The summed E-state index contributed by atoms with van der Waals surface area (Å²) in [5, 5.41) is 24.5. The van der Waals surface area contributed by atoms with E-state index in [1.54, 1.807) is 42.5 Å². The van der Waals surface area contributed by atoms with Crippen LogP contribution in [0.2, 0.25) is 0 Å². The molecule has 38 heavy (non-hydrogen) atoms. The third-order valence-electron chi connectivity index (χ3n) is 6.51. The molecular formula is C30H22N2O6. The first-order chi connectivity index (χ1) is 18.5. The summed E-state index contributed by atoms with van der Waals surface area (Å²) in [6.45, 7) is 0.0621. The number of para-hydroxylation sites is 1. The quantitative estimate of drug-likeness (QED) is 0.187. The molecule has 0 aromatic heterocycles. The first-order valence-electron chi connectivity index (χ1n) is 11.9. The number of benzene rings is 4. The highest BCUT2D eigenvalue weighted by molar-refractivity contribution is 6.51. The molecule has 4 aromatic carbocycles. The maximum absolute atomic E-state index is 13.4. The summed E-state index contributed by atoms with van der Waals surface area (Å²) in [7, 11) is 0. The Morgan fingerprint density at radius 3 is 2.24 bits per heavy atom. The van der Waals surface area contributed by atoms with Gasteiger partial charge in [-0.3, -0.25) is 14.5 Å². The van der Waals surface area contributed by atoms with E-state index < -0.39 is 17.7 Å². The van der Waals surface area contributed by atoms with Crippen LogP contribution in [0.1, 0.15) is 17.2 Å². The molecule has 4 aromatic rings. The predicted octanol–water partition coefficient (Wildman–Crippen LogP) is 5.49. The van der Waals surface area contributed by atoms with E-state index in [9.17, 15) is 19.8 Å². The SMILES string of the molecule is O=C1C(=O)N(c2ccc(Nc3ccccc3)cc2)C(c2ccc(O)cc2)/C1=C(/O)c1ccc2c(c1)OCO2. The number of hydrogen-bond acceptors (Lipinski definition) is 7. The number of aliphatic hydroxyl groups excluding tert-OH is 1. The summed E-state index contributed by atoms with van der Waals surface area (Å²) in [6, 6.07) is 26.9. The maximum Gasteiger partial charge on any atom is 0.300 e. The standard InChI is InChI=1S/C30H22N2O6/c33-23-13-6-18(7-14-23)27-26(28(34)19-8-15-24-25(16-19)38-17-37-24)29(35)30(36)32(27)22-11-9-21(10-12-22)31-20-4-2-1-3-5-20/h1-16,27,31,33-34H,17H2/b28-26-. The Labute approximate surface area is 218 Å². The second kappa shape index (κ2) is 9.33. The van der Waals surface area contributed by atoms with Crippen molar-refractivity contribution in [3.05, 3.63) is 114 Å². The molecule has 0 saturated carbocycles. The molecule has 6 rings (SSSR count). The van der Waals surface area contributed by atoms with Crippen LogP contribution in [0.3, 0.4) is 0 Å². The molecule has 2 aliphatic heterocycles. The third kappa shape index (κ3) is 4.08. The normalized spacial score (nSPS) is 17.6. The van der Waals surface area contributed by atoms with Gasteiger partial charge in [-0.2, -0.15) is 0 Å². The van der Waals surface area contributed by atoms with Gasteiger partial charge in [0.25, 0.3) is 11.7 Å². The van der Waals surface area contributed by atoms with Crippen molar-refractivity contribution in [2.45, 2.75) is 6.04 Å². The van der Waals surface area contributed by atoms with E-state index in [0.29, 0.717) is 28.3 Å². The van der Waals surface area contributed by atoms with Crippen molar-refractivity contribution in [1.82, 2.24) is 0 Å². The van der Waals surface area contributed by atoms with Crippen LogP contribution in [0.5, 0.6) is 17.2 Å². The number of ketones is 1. The number of rotatable bonds is 5. The number of anilines is 3. The lowest BCUT2D eigenvalue weighted by Crippen LogP contribution is -2.29. The molecule has 0 aliphatic carbocycles. The summed E-state index contributed by atoms with van der Waals surface area (Å²) in [5.74, 6) is -0.909. The molecule has 8 nitrogen and oxygen atoms in total. The minimum absolute atomic E-state index is 0.0396. The van der Waals surface area contributed by atoms with Crippen LogP contribution in [0.15, 0.2) is 103 Å². The average Bonchev–Trinajstić information content (AvgIpc) is 3.52. The largest absolute Gasteiger partial charge is 0.508 e. The number of Topliss-reactive ketones (excluding diaryl/α,β-unsaturated/α-hetero) is 1. The molecule has 1 unspecified atom stereocenters. The lowest BCUT2D eigenvalue weighted by molar-refractivity contribution is -0.132. The van der Waals surface area contributed by atoms with Crippen LogP contribution in [-0.2, 0) is 9.59 Å². The molecule has 1 amide bonds. The zero-order valence-electron chi connectivity index (χ0n) is 20.0. The van der Waals surface area contributed by atoms with Crippen LogP contribution in [0.25, 0.3) is 5.76 Å². The van der Waals surface area contributed by atoms with Gasteiger partial charge in [-0.05, 0) is 72.3 Å². The zero-order valence-corrected chi connectivity index (χ0v) is 20.0. The van der Waals surface area contributed by atoms with Crippen LogP contribution in [0, 0.1) is 0 Å². The van der Waals surface area contributed by atoms with Gasteiger partial charge in [-0.15, -0.1) is 0 Å². The molecule has 0 bridgehead atoms. The highest BCUT2D eigenvalue weighted by Crippen LogP contribution is 2.44. The van der Waals surface area contributed by atoms with Crippen LogP contribution in [0.4, 0.5) is 17.1 Å². The van der Waals surface area contributed by atoms with Gasteiger partial charge in [-0.1, -0.05) is 30.3 Å². The molecule has 2 aliphatic rings. The number of aromatic hydroxyl groups is 1. The van der Waals surface area contributed by atoms with Crippen molar-refractivity contribution in [3.63, 3.8) is 0 Å². The summed E-state index contributed by atoms with van der Waals surface area (Å²) in [6.07, 6.45) is 0. The summed E-state index contributed by atoms with van der Waals surface area (Å²) in [5.41, 5.74) is 3.00. The second-order valence-corrected chi connectivity index (χ2v) is 8.87. The molecule has 0 spiro atoms. The third-order valence-corrected chi connectivity index (χ3v) is 6.51. The van der Waals surface area contributed by atoms with Crippen LogP contribution >= 0.6 is 0 Å². The van der Waals surface area contributed by atoms with Gasteiger partial charge in [0.2, 0.25) is 6.79 Å². The monoisotopic (exact) mass is 506 g/mol. The van der Waals surface area contributed by atoms with Gasteiger partial charge < -0.3 is 25.0 Å². The zero-order chi connectivity index (χ0) is 26.2. The average molecular weight is 507 g/mol. The van der Waals surface area contributed by atoms with Crippen molar-refractivity contribution in [3.8, 4) is 17.2 Å². The van der Waals surface area contributed by atoms with Crippen LogP contribution < -0.4 is 19.7 Å². The molecule has 2 heterocycles. The highest BCUT2D eigenvalue weighted by Gasteiger charge is 2.47. The Morgan fingerprint density at radius 1 is 0.816 bits per heavy atom. The minimum atomic E-state index is -0.922. The highest BCUT2D eigenvalue weighted by atomic mass is 16.7. The van der Waals surface area contributed by atoms with E-state index in [1.807, 2.05) is 42.5 Å². The first kappa shape index (κ1) is 23.2. The number of phenols is 1. The fourth-order valence-electron chi connectivity index (χ4n) is 4.66. The van der Waals surface area contributed by atoms with Gasteiger partial charge in [0.05, 0.1) is 11.6 Å². The summed E-state index contributed by atoms with van der Waals surface area (Å²) < 4.78 is 10.8. The van der Waals surface area contributed by atoms with Crippen molar-refractivity contribution in [2.24, 2.45) is 0 Å². The molecule has 188 valence electrons. The number of ether oxygens (including phenoxy) is 2. The number of nitrogens with zero attached hydrogens (tertiary/aromatic N) is 1. The molecule has 1 saturated heterocycles. The van der Waals surface area contributed by atoms with E-state index in [0.717, 1.165) is 11.4 Å². The lowest BCUT2D eigenvalue weighted by atomic mass is 9.95. The number of carbonyl (C=O) groups excluding carboxylic acids is 2. The molecule has 1 fully saturated rings. The Kier molecular flexibility index (Phi) is 5.69. The van der Waals surface area contributed by atoms with E-state index in [2.05, 4.69) is 5.32 Å². The number of fused-ring (bicyclic) bond motifs is 1. The van der Waals surface area contributed by atoms with E-state index in [-0.39, 0.29) is 23.9 Å². The predicted molar refractivity (Wildman–Crippen MR) is 142 cm³/mol. The van der Waals surface area contributed by atoms with Crippen molar-refractivity contribution in [2.75, 3.05) is 17.0 Å². The van der Waals surface area contributed by atoms with E-state index in [4.69, 9.17) is 9.47 Å². The number of nitrogens with one attached hydrogen (secondary N) is 1. The summed E-state index contributed by atoms with van der Waals surface area (Å²) >= 11 is 0. The fraction of sp³-hybridized carbons (Fsp3) is 0.0667. The number of aliphatic hydroxyl groups is 1. The molecule has 1 atom stereocenters. The Hall–Kier alpha value is -5.24. The van der Waals surface area contributed by atoms with E-state index >= 15 is 0 Å². The van der Waals surface area contributed by atoms with Crippen molar-refractivity contribution in [1.29, 1.82) is 0 Å². The van der Waals surface area contributed by atoms with Gasteiger partial charge in [0.1, 0.15) is 11.5 Å². The molecular weight excluding hydrogens is 484 g/mol. The molecule has 0 radical (unpaired) electrons. The number of carbonyl (C=O) groups is 2.